The summed E-state index contributed by atoms with van der Waals surface area (Å²) >= 11 is 1.76. The lowest BCUT2D eigenvalue weighted by molar-refractivity contribution is 0.474. The summed E-state index contributed by atoms with van der Waals surface area (Å²) in [5.41, 5.74) is 5.06. The molecule has 0 saturated carbocycles. The number of rotatable bonds is 3. The Balaban J connectivity index is 1.70. The Labute approximate surface area is 137 Å². The van der Waals surface area contributed by atoms with Crippen molar-refractivity contribution in [2.24, 2.45) is 5.10 Å². The molecule has 3 aromatic rings. The van der Waals surface area contributed by atoms with Gasteiger partial charge in [-0.15, -0.1) is 11.3 Å². The zero-order chi connectivity index (χ0) is 15.8. The lowest BCUT2D eigenvalue weighted by atomic mass is 10.2. The number of anilines is 1. The quantitative estimate of drug-likeness (QED) is 0.570. The molecular weight excluding hydrogens is 308 g/mol. The van der Waals surface area contributed by atoms with Crippen LogP contribution in [0.15, 0.2) is 29.4 Å². The Morgan fingerprint density at radius 1 is 1.26 bits per heavy atom. The van der Waals surface area contributed by atoms with Crippen LogP contribution < -0.4 is 5.43 Å². The molecular formula is C17H16N4OS. The van der Waals surface area contributed by atoms with Gasteiger partial charge in [0.1, 0.15) is 16.4 Å². The lowest BCUT2D eigenvalue weighted by Crippen LogP contribution is -1.98. The highest BCUT2D eigenvalue weighted by atomic mass is 32.1. The molecule has 6 heteroatoms. The Morgan fingerprint density at radius 2 is 2.13 bits per heavy atom. The lowest BCUT2D eigenvalue weighted by Gasteiger charge is -2.05. The highest BCUT2D eigenvalue weighted by Gasteiger charge is 2.21. The summed E-state index contributed by atoms with van der Waals surface area (Å²) in [6, 6.07) is 7.09. The third-order valence-corrected chi connectivity index (χ3v) is 5.17. The van der Waals surface area contributed by atoms with Crippen LogP contribution in [0.5, 0.6) is 5.75 Å². The Kier molecular flexibility index (Phi) is 3.46. The second-order valence-corrected chi connectivity index (χ2v) is 6.67. The summed E-state index contributed by atoms with van der Waals surface area (Å²) in [4.78, 5) is 11.5. The van der Waals surface area contributed by atoms with Crippen molar-refractivity contribution in [3.8, 4) is 5.75 Å². The van der Waals surface area contributed by atoms with Crippen molar-refractivity contribution in [3.63, 3.8) is 0 Å². The SMILES string of the molecule is Cc1nc(N/N=C\c2ccccc2O)c2c3c(sc2n1)CCC3. The number of aromatic hydroxyl groups is 1. The molecule has 0 spiro atoms. The van der Waals surface area contributed by atoms with Gasteiger partial charge in [-0.1, -0.05) is 12.1 Å². The number of nitrogens with one attached hydrogen (secondary N) is 1. The van der Waals surface area contributed by atoms with E-state index in [1.54, 1.807) is 29.7 Å². The number of hydrogen-bond donors (Lipinski definition) is 2. The maximum absolute atomic E-state index is 9.77. The van der Waals surface area contributed by atoms with Crippen molar-refractivity contribution >= 4 is 33.6 Å². The summed E-state index contributed by atoms with van der Waals surface area (Å²) in [6.45, 7) is 1.89. The fraction of sp³-hybridized carbons (Fsp3) is 0.235. The largest absolute Gasteiger partial charge is 0.507 e. The van der Waals surface area contributed by atoms with Gasteiger partial charge in [-0.25, -0.2) is 9.97 Å². The van der Waals surface area contributed by atoms with Gasteiger partial charge >= 0.3 is 0 Å². The molecule has 0 bridgehead atoms. The minimum Gasteiger partial charge on any atom is -0.507 e. The summed E-state index contributed by atoms with van der Waals surface area (Å²) in [5.74, 6) is 1.69. The number of aromatic nitrogens is 2. The van der Waals surface area contributed by atoms with Gasteiger partial charge < -0.3 is 5.11 Å². The van der Waals surface area contributed by atoms with Gasteiger partial charge in [0, 0.05) is 10.4 Å². The first kappa shape index (κ1) is 14.1. The van der Waals surface area contributed by atoms with Crippen LogP contribution >= 0.6 is 11.3 Å². The number of fused-ring (bicyclic) bond motifs is 3. The number of phenolic OH excluding ortho intramolecular Hbond substituents is 1. The number of nitrogens with zero attached hydrogens (tertiary/aromatic N) is 3. The molecule has 0 aliphatic heterocycles. The summed E-state index contributed by atoms with van der Waals surface area (Å²) in [6.07, 6.45) is 5.02. The first-order valence-corrected chi connectivity index (χ1v) is 8.40. The Hall–Kier alpha value is -2.47. The van der Waals surface area contributed by atoms with Gasteiger partial charge in [0.05, 0.1) is 11.6 Å². The molecule has 1 aliphatic rings. The predicted octanol–water partition coefficient (Wildman–Crippen LogP) is 3.64. The van der Waals surface area contributed by atoms with E-state index in [4.69, 9.17) is 0 Å². The Morgan fingerprint density at radius 3 is 3.00 bits per heavy atom. The van der Waals surface area contributed by atoms with E-state index in [0.717, 1.165) is 34.7 Å². The van der Waals surface area contributed by atoms with Crippen LogP contribution in [-0.2, 0) is 12.8 Å². The number of benzene rings is 1. The summed E-state index contributed by atoms with van der Waals surface area (Å²) < 4.78 is 0. The minimum atomic E-state index is 0.207. The third-order valence-electron chi connectivity index (χ3n) is 3.99. The van der Waals surface area contributed by atoms with E-state index in [-0.39, 0.29) is 5.75 Å². The molecule has 23 heavy (non-hydrogen) atoms. The topological polar surface area (TPSA) is 70.4 Å². The number of para-hydroxylation sites is 1. The molecule has 1 aromatic carbocycles. The fourth-order valence-electron chi connectivity index (χ4n) is 2.94. The maximum atomic E-state index is 9.77. The number of thiophene rings is 1. The molecule has 1 aliphatic carbocycles. The molecule has 0 saturated heterocycles. The first-order chi connectivity index (χ1) is 11.2. The summed E-state index contributed by atoms with van der Waals surface area (Å²) in [5, 5.41) is 15.1. The predicted molar refractivity (Wildman–Crippen MR) is 93.5 cm³/mol. The zero-order valence-electron chi connectivity index (χ0n) is 12.7. The minimum absolute atomic E-state index is 0.207. The van der Waals surface area contributed by atoms with Crippen molar-refractivity contribution < 1.29 is 5.11 Å². The molecule has 2 aromatic heterocycles. The molecule has 0 amide bonds. The molecule has 2 heterocycles. The average Bonchev–Trinajstić information content (AvgIpc) is 3.09. The van der Waals surface area contributed by atoms with Gasteiger partial charge in [0.15, 0.2) is 5.82 Å². The number of aryl methyl sites for hydroxylation is 3. The van der Waals surface area contributed by atoms with Crippen molar-refractivity contribution in [1.82, 2.24) is 9.97 Å². The number of hydrogen-bond acceptors (Lipinski definition) is 6. The van der Waals surface area contributed by atoms with E-state index in [0.29, 0.717) is 5.56 Å². The second kappa shape index (κ2) is 5.62. The van der Waals surface area contributed by atoms with E-state index in [1.165, 1.54) is 16.9 Å². The van der Waals surface area contributed by atoms with E-state index in [9.17, 15) is 5.11 Å². The van der Waals surface area contributed by atoms with Crippen LogP contribution in [-0.4, -0.2) is 21.3 Å². The van der Waals surface area contributed by atoms with Crippen molar-refractivity contribution in [2.75, 3.05) is 5.43 Å². The monoisotopic (exact) mass is 324 g/mol. The number of hydrazone groups is 1. The molecule has 116 valence electrons. The van der Waals surface area contributed by atoms with Crippen LogP contribution in [0.1, 0.15) is 28.2 Å². The molecule has 5 nitrogen and oxygen atoms in total. The van der Waals surface area contributed by atoms with E-state index in [1.807, 2.05) is 19.1 Å². The number of phenols is 1. The first-order valence-electron chi connectivity index (χ1n) is 7.58. The normalized spacial score (nSPS) is 13.8. The van der Waals surface area contributed by atoms with Crippen LogP contribution in [0.4, 0.5) is 5.82 Å². The van der Waals surface area contributed by atoms with Gasteiger partial charge in [0.2, 0.25) is 0 Å². The Bertz CT molecular complexity index is 916. The third kappa shape index (κ3) is 2.55. The fourth-order valence-corrected chi connectivity index (χ4v) is 4.25. The van der Waals surface area contributed by atoms with Gasteiger partial charge in [-0.3, -0.25) is 5.43 Å². The molecule has 0 radical (unpaired) electrons. The van der Waals surface area contributed by atoms with E-state index >= 15 is 0 Å². The average molecular weight is 324 g/mol. The van der Waals surface area contributed by atoms with Crippen molar-refractivity contribution in [3.05, 3.63) is 46.1 Å². The molecule has 2 N–H and O–H groups in total. The zero-order valence-corrected chi connectivity index (χ0v) is 13.5. The van der Waals surface area contributed by atoms with Crippen molar-refractivity contribution in [1.29, 1.82) is 0 Å². The highest BCUT2D eigenvalue weighted by Crippen LogP contribution is 2.39. The van der Waals surface area contributed by atoms with Crippen LogP contribution in [0.3, 0.4) is 0 Å². The maximum Gasteiger partial charge on any atom is 0.158 e. The molecule has 0 atom stereocenters. The van der Waals surface area contributed by atoms with Gasteiger partial charge in [0.25, 0.3) is 0 Å². The van der Waals surface area contributed by atoms with Crippen LogP contribution in [0, 0.1) is 6.92 Å². The summed E-state index contributed by atoms with van der Waals surface area (Å²) in [7, 11) is 0. The smallest absolute Gasteiger partial charge is 0.158 e. The second-order valence-electron chi connectivity index (χ2n) is 5.59. The van der Waals surface area contributed by atoms with E-state index < -0.39 is 0 Å². The molecule has 4 rings (SSSR count). The molecule has 0 fully saturated rings. The van der Waals surface area contributed by atoms with Crippen LogP contribution in [0.25, 0.3) is 10.2 Å². The van der Waals surface area contributed by atoms with Gasteiger partial charge in [-0.2, -0.15) is 5.10 Å². The highest BCUT2D eigenvalue weighted by molar-refractivity contribution is 7.19. The van der Waals surface area contributed by atoms with Crippen molar-refractivity contribution in [2.45, 2.75) is 26.2 Å². The van der Waals surface area contributed by atoms with Gasteiger partial charge in [-0.05, 0) is 43.9 Å². The standard InChI is InChI=1S/C17H16N4OS/c1-10-19-16(21-18-9-11-5-2-3-7-13(11)22)15-12-6-4-8-14(12)23-17(15)20-10/h2-3,5,7,9,22H,4,6,8H2,1H3,(H,19,20,21)/b18-9-. The molecule has 0 unspecified atom stereocenters. The van der Waals surface area contributed by atoms with E-state index in [2.05, 4.69) is 20.5 Å². The van der Waals surface area contributed by atoms with Crippen LogP contribution in [0.2, 0.25) is 0 Å².